The van der Waals surface area contributed by atoms with Crippen molar-refractivity contribution in [2.45, 2.75) is 39.7 Å². The summed E-state index contributed by atoms with van der Waals surface area (Å²) in [5.74, 6) is 1.27. The van der Waals surface area contributed by atoms with Gasteiger partial charge in [-0.2, -0.15) is 10.1 Å². The molecule has 0 saturated carbocycles. The van der Waals surface area contributed by atoms with Crippen LogP contribution in [0.5, 0.6) is 0 Å². The third-order valence-electron chi connectivity index (χ3n) is 6.04. The van der Waals surface area contributed by atoms with Crippen LogP contribution in [0, 0.1) is 6.92 Å². The van der Waals surface area contributed by atoms with Gasteiger partial charge >= 0.3 is 0 Å². The van der Waals surface area contributed by atoms with Gasteiger partial charge in [-0.1, -0.05) is 35.5 Å². The highest BCUT2D eigenvalue weighted by Crippen LogP contribution is 2.34. The second-order valence-electron chi connectivity index (χ2n) is 8.42. The number of amides is 1. The van der Waals surface area contributed by atoms with Gasteiger partial charge in [-0.15, -0.1) is 0 Å². The van der Waals surface area contributed by atoms with Crippen molar-refractivity contribution in [3.05, 3.63) is 59.2 Å². The van der Waals surface area contributed by atoms with Crippen LogP contribution >= 0.6 is 0 Å². The van der Waals surface area contributed by atoms with Crippen LogP contribution in [-0.4, -0.2) is 32.4 Å². The maximum Gasteiger partial charge on any atom is 0.265 e. The van der Waals surface area contributed by atoms with E-state index in [1.807, 2.05) is 50.2 Å². The van der Waals surface area contributed by atoms with E-state index in [2.05, 4.69) is 31.9 Å². The zero-order valence-corrected chi connectivity index (χ0v) is 19.3. The Morgan fingerprint density at radius 2 is 2.00 bits per heavy atom. The number of nitrogen functional groups attached to an aromatic ring is 1. The van der Waals surface area contributed by atoms with Gasteiger partial charge in [0.2, 0.25) is 11.7 Å². The first-order valence-corrected chi connectivity index (χ1v) is 11.5. The normalized spacial score (nSPS) is 12.5. The Kier molecular flexibility index (Phi) is 5.75. The van der Waals surface area contributed by atoms with Crippen molar-refractivity contribution in [1.29, 1.82) is 0 Å². The Hall–Kier alpha value is -4.14. The number of nitrogens with one attached hydrogen (secondary N) is 2. The standard InChI is InChI=1S/C25H27N7O2/c1-3-27-24-21(25-29-23(31-34-25)19-10-5-4-7-15(19)2)22(26)32(30-24)14-20(33)28-18-12-11-16-8-6-9-17(16)13-18/h4-5,7,10-13H,3,6,8-9,14,26H2,1-2H3,(H,27,30)(H,28,33). The van der Waals surface area contributed by atoms with E-state index in [9.17, 15) is 4.79 Å². The molecular weight excluding hydrogens is 430 g/mol. The van der Waals surface area contributed by atoms with Crippen molar-refractivity contribution in [1.82, 2.24) is 19.9 Å². The molecule has 0 atom stereocenters. The molecule has 1 aliphatic carbocycles. The fraction of sp³-hybridized carbons (Fsp3) is 0.280. The summed E-state index contributed by atoms with van der Waals surface area (Å²) in [5.41, 5.74) is 12.3. The average Bonchev–Trinajstić information content (AvgIpc) is 3.54. The average molecular weight is 458 g/mol. The van der Waals surface area contributed by atoms with E-state index < -0.39 is 0 Å². The number of aryl methyl sites for hydroxylation is 3. The molecule has 9 heteroatoms. The van der Waals surface area contributed by atoms with Crippen LogP contribution < -0.4 is 16.4 Å². The molecule has 4 N–H and O–H groups in total. The molecule has 9 nitrogen and oxygen atoms in total. The molecule has 0 aliphatic heterocycles. The first kappa shape index (κ1) is 21.7. The summed E-state index contributed by atoms with van der Waals surface area (Å²) in [6, 6.07) is 13.9. The molecule has 5 rings (SSSR count). The van der Waals surface area contributed by atoms with Crippen LogP contribution in [0.1, 0.15) is 30.0 Å². The van der Waals surface area contributed by atoms with Crippen LogP contribution in [0.25, 0.3) is 22.8 Å². The maximum atomic E-state index is 12.8. The molecule has 2 aromatic carbocycles. The number of hydrogen-bond acceptors (Lipinski definition) is 7. The lowest BCUT2D eigenvalue weighted by molar-refractivity contribution is -0.116. The van der Waals surface area contributed by atoms with Gasteiger partial charge in [0.25, 0.3) is 5.89 Å². The highest BCUT2D eigenvalue weighted by molar-refractivity contribution is 5.91. The Bertz CT molecular complexity index is 1360. The number of anilines is 3. The summed E-state index contributed by atoms with van der Waals surface area (Å²) < 4.78 is 7.00. The summed E-state index contributed by atoms with van der Waals surface area (Å²) in [6.45, 7) is 4.51. The van der Waals surface area contributed by atoms with E-state index in [0.29, 0.717) is 23.8 Å². The van der Waals surface area contributed by atoms with Gasteiger partial charge in [-0.25, -0.2) is 4.68 Å². The number of fused-ring (bicyclic) bond motifs is 1. The smallest absolute Gasteiger partial charge is 0.265 e. The highest BCUT2D eigenvalue weighted by Gasteiger charge is 2.24. The second-order valence-corrected chi connectivity index (χ2v) is 8.42. The summed E-state index contributed by atoms with van der Waals surface area (Å²) in [6.07, 6.45) is 3.31. The lowest BCUT2D eigenvalue weighted by Crippen LogP contribution is -2.20. The number of carbonyl (C=O) groups excluding carboxylic acids is 1. The molecule has 0 spiro atoms. The van der Waals surface area contributed by atoms with Gasteiger partial charge in [-0.3, -0.25) is 4.79 Å². The van der Waals surface area contributed by atoms with Crippen LogP contribution in [0.15, 0.2) is 47.0 Å². The monoisotopic (exact) mass is 457 g/mol. The molecule has 2 heterocycles. The van der Waals surface area contributed by atoms with E-state index in [1.54, 1.807) is 0 Å². The third kappa shape index (κ3) is 4.12. The molecule has 0 saturated heterocycles. The molecule has 1 aliphatic rings. The Morgan fingerprint density at radius 1 is 1.18 bits per heavy atom. The first-order valence-electron chi connectivity index (χ1n) is 11.5. The number of aromatic nitrogens is 4. The minimum Gasteiger partial charge on any atom is -0.383 e. The molecule has 4 aromatic rings. The molecular formula is C25H27N7O2. The summed E-state index contributed by atoms with van der Waals surface area (Å²) in [7, 11) is 0. The molecule has 0 radical (unpaired) electrons. The van der Waals surface area contributed by atoms with E-state index in [4.69, 9.17) is 10.3 Å². The number of nitrogens with two attached hydrogens (primary N) is 1. The van der Waals surface area contributed by atoms with Gasteiger partial charge in [0.15, 0.2) is 5.82 Å². The van der Waals surface area contributed by atoms with Crippen molar-refractivity contribution in [3.63, 3.8) is 0 Å². The maximum absolute atomic E-state index is 12.8. The van der Waals surface area contributed by atoms with Crippen molar-refractivity contribution in [3.8, 4) is 22.8 Å². The number of nitrogens with zero attached hydrogens (tertiary/aromatic N) is 4. The first-order chi connectivity index (χ1) is 16.5. The molecule has 174 valence electrons. The molecule has 0 unspecified atom stereocenters. The predicted octanol–water partition coefficient (Wildman–Crippen LogP) is 4.05. The van der Waals surface area contributed by atoms with Gasteiger partial charge in [0, 0.05) is 17.8 Å². The molecule has 2 aromatic heterocycles. The third-order valence-corrected chi connectivity index (χ3v) is 6.04. The molecule has 0 bridgehead atoms. The van der Waals surface area contributed by atoms with Crippen LogP contribution in [0.3, 0.4) is 0 Å². The van der Waals surface area contributed by atoms with Gasteiger partial charge in [-0.05, 0) is 61.9 Å². The van der Waals surface area contributed by atoms with Crippen molar-refractivity contribution in [2.75, 3.05) is 22.9 Å². The summed E-state index contributed by atoms with van der Waals surface area (Å²) in [5, 5.41) is 14.8. The van der Waals surface area contributed by atoms with E-state index in [-0.39, 0.29) is 24.2 Å². The summed E-state index contributed by atoms with van der Waals surface area (Å²) in [4.78, 5) is 17.3. The van der Waals surface area contributed by atoms with Crippen molar-refractivity contribution >= 4 is 23.2 Å². The largest absolute Gasteiger partial charge is 0.383 e. The van der Waals surface area contributed by atoms with Crippen molar-refractivity contribution < 1.29 is 9.32 Å². The minimum absolute atomic E-state index is 0.0416. The lowest BCUT2D eigenvalue weighted by atomic mass is 10.1. The number of hydrogen-bond donors (Lipinski definition) is 3. The SMILES string of the molecule is CCNc1nn(CC(=O)Nc2ccc3c(c2)CCC3)c(N)c1-c1nc(-c2ccccc2C)no1. The molecule has 0 fully saturated rings. The van der Waals surface area contributed by atoms with Gasteiger partial charge in [0.1, 0.15) is 17.9 Å². The molecule has 1 amide bonds. The van der Waals surface area contributed by atoms with E-state index in [1.165, 1.54) is 15.8 Å². The predicted molar refractivity (Wildman–Crippen MR) is 131 cm³/mol. The Labute approximate surface area is 197 Å². The fourth-order valence-corrected chi connectivity index (χ4v) is 4.34. The topological polar surface area (TPSA) is 124 Å². The van der Waals surface area contributed by atoms with Gasteiger partial charge < -0.3 is 20.9 Å². The van der Waals surface area contributed by atoms with Gasteiger partial charge in [0.05, 0.1) is 0 Å². The van der Waals surface area contributed by atoms with Crippen molar-refractivity contribution in [2.24, 2.45) is 0 Å². The summed E-state index contributed by atoms with van der Waals surface area (Å²) >= 11 is 0. The quantitative estimate of drug-likeness (QED) is 0.382. The van der Waals surface area contributed by atoms with Crippen LogP contribution in [0.4, 0.5) is 17.3 Å². The van der Waals surface area contributed by atoms with Crippen LogP contribution in [-0.2, 0) is 24.2 Å². The zero-order valence-electron chi connectivity index (χ0n) is 19.3. The zero-order chi connectivity index (χ0) is 23.7. The minimum atomic E-state index is -0.215. The number of benzene rings is 2. The van der Waals surface area contributed by atoms with E-state index in [0.717, 1.165) is 36.1 Å². The Balaban J connectivity index is 1.40. The highest BCUT2D eigenvalue weighted by atomic mass is 16.5. The van der Waals surface area contributed by atoms with Crippen LogP contribution in [0.2, 0.25) is 0 Å². The number of carbonyl (C=O) groups is 1. The lowest BCUT2D eigenvalue weighted by Gasteiger charge is -2.08. The molecule has 34 heavy (non-hydrogen) atoms. The van der Waals surface area contributed by atoms with E-state index >= 15 is 0 Å². The second kappa shape index (κ2) is 9.01. The Morgan fingerprint density at radius 3 is 2.82 bits per heavy atom. The number of rotatable bonds is 7. The fourth-order valence-electron chi connectivity index (χ4n) is 4.34.